The minimum atomic E-state index is -1.50. The second kappa shape index (κ2) is 17.8. The first-order valence-corrected chi connectivity index (χ1v) is 19.8. The third kappa shape index (κ3) is 8.82. The largest absolute Gasteiger partial charge is 0.490 e. The highest BCUT2D eigenvalue weighted by atomic mass is 19.1. The van der Waals surface area contributed by atoms with Gasteiger partial charge in [-0.05, 0) is 78.4 Å². The summed E-state index contributed by atoms with van der Waals surface area (Å²) in [5.74, 6) is 0.409. The highest BCUT2D eigenvalue weighted by molar-refractivity contribution is 6.03. The molecule has 1 fully saturated rings. The average molecular weight is 843 g/mol. The number of hydrogen-bond donors (Lipinski definition) is 3. The van der Waals surface area contributed by atoms with Gasteiger partial charge in [-0.3, -0.25) is 4.90 Å². The summed E-state index contributed by atoms with van der Waals surface area (Å²) in [7, 11) is 0. The molecule has 0 unspecified atom stereocenters. The summed E-state index contributed by atoms with van der Waals surface area (Å²) in [5, 5.41) is 31.7. The molecule has 2 atom stereocenters. The second-order valence-electron chi connectivity index (χ2n) is 14.7. The Morgan fingerprint density at radius 2 is 1.63 bits per heavy atom. The van der Waals surface area contributed by atoms with Crippen LogP contribution < -0.4 is 23.8 Å². The van der Waals surface area contributed by atoms with Crippen LogP contribution in [0.2, 0.25) is 0 Å². The molecule has 3 aliphatic heterocycles. The maximum absolute atomic E-state index is 14.1. The average Bonchev–Trinajstić information content (AvgIpc) is 3.69. The number of aromatic nitrogens is 4. The number of nitrogens with zero attached hydrogens (tertiary/aromatic N) is 6. The zero-order valence-corrected chi connectivity index (χ0v) is 33.0. The Morgan fingerprint density at radius 1 is 0.855 bits per heavy atom. The van der Waals surface area contributed by atoms with Gasteiger partial charge in [0.1, 0.15) is 59.9 Å². The smallest absolute Gasteiger partial charge is 0.345 e. The lowest BCUT2D eigenvalue weighted by Crippen LogP contribution is -2.49. The lowest BCUT2D eigenvalue weighted by Gasteiger charge is -2.33. The van der Waals surface area contributed by atoms with Gasteiger partial charge in [-0.1, -0.05) is 24.3 Å². The fourth-order valence-electron chi connectivity index (χ4n) is 7.44. The quantitative estimate of drug-likeness (QED) is 0.101. The number of piperazine rings is 1. The van der Waals surface area contributed by atoms with Crippen LogP contribution in [0.15, 0.2) is 114 Å². The molecule has 3 aromatic heterocycles. The Bertz CT molecular complexity index is 2690. The molecule has 17 heteroatoms. The van der Waals surface area contributed by atoms with Crippen LogP contribution in [0.25, 0.3) is 44.9 Å². The van der Waals surface area contributed by atoms with Gasteiger partial charge in [-0.2, -0.15) is 5.06 Å². The summed E-state index contributed by atoms with van der Waals surface area (Å²) < 4.78 is 46.0. The minimum Gasteiger partial charge on any atom is -0.490 e. The van der Waals surface area contributed by atoms with E-state index >= 15 is 0 Å². The Balaban J connectivity index is 1.11. The van der Waals surface area contributed by atoms with E-state index in [1.807, 2.05) is 24.3 Å². The van der Waals surface area contributed by atoms with Crippen molar-refractivity contribution in [2.75, 3.05) is 39.3 Å². The van der Waals surface area contributed by atoms with Crippen molar-refractivity contribution in [2.45, 2.75) is 25.2 Å². The van der Waals surface area contributed by atoms with Gasteiger partial charge in [0.15, 0.2) is 11.6 Å². The van der Waals surface area contributed by atoms with Gasteiger partial charge in [-0.25, -0.2) is 34.4 Å². The Hall–Kier alpha value is -7.18. The Labute approximate surface area is 353 Å². The number of carbonyl (C=O) groups is 1. The van der Waals surface area contributed by atoms with Gasteiger partial charge >= 0.3 is 5.97 Å². The van der Waals surface area contributed by atoms with Crippen molar-refractivity contribution in [1.29, 1.82) is 0 Å². The fourth-order valence-corrected chi connectivity index (χ4v) is 7.44. The maximum Gasteiger partial charge on any atom is 0.345 e. The van der Waals surface area contributed by atoms with Gasteiger partial charge in [0, 0.05) is 62.0 Å². The summed E-state index contributed by atoms with van der Waals surface area (Å²) in [5.41, 5.74) is 3.24. The summed E-state index contributed by atoms with van der Waals surface area (Å²) in [6, 6.07) is 26.7. The SMILES string of the molecule is O=C(O)[C@H]1Cc2cc(ccc2OCc2ccnc(-c3ccccc3OO)n2)OC[C@@H](CN2CCN(O)CC2)Oc2ccc(cc2)-c2c(-c3ccc(F)cc3)oc3ncnc(c23)O1. The molecule has 0 radical (unpaired) electrons. The number of aliphatic carboxylic acids is 1. The molecule has 62 heavy (non-hydrogen) atoms. The van der Waals surface area contributed by atoms with E-state index in [0.717, 1.165) is 0 Å². The van der Waals surface area contributed by atoms with E-state index in [2.05, 4.69) is 29.7 Å². The fraction of sp³-hybridized carbons (Fsp3) is 0.222. The molecule has 0 aliphatic carbocycles. The molecule has 4 bridgehead atoms. The zero-order chi connectivity index (χ0) is 42.6. The molecular formula is C45H39FN6O10. The summed E-state index contributed by atoms with van der Waals surface area (Å²) in [4.78, 5) is 37.6. The molecule has 3 aliphatic rings. The van der Waals surface area contributed by atoms with E-state index < -0.39 is 24.0 Å². The van der Waals surface area contributed by atoms with Crippen molar-refractivity contribution in [3.8, 4) is 62.7 Å². The number of carboxylic acids is 1. The number of ether oxygens (including phenoxy) is 4. The van der Waals surface area contributed by atoms with Gasteiger partial charge in [0.25, 0.3) is 0 Å². The third-order valence-electron chi connectivity index (χ3n) is 10.5. The molecular weight excluding hydrogens is 804 g/mol. The molecule has 4 aromatic carbocycles. The van der Waals surface area contributed by atoms with Crippen molar-refractivity contribution < 1.29 is 53.0 Å². The molecule has 0 spiro atoms. The van der Waals surface area contributed by atoms with E-state index in [-0.39, 0.29) is 37.0 Å². The van der Waals surface area contributed by atoms with Crippen molar-refractivity contribution in [1.82, 2.24) is 29.9 Å². The summed E-state index contributed by atoms with van der Waals surface area (Å²) >= 11 is 0. The Morgan fingerprint density at radius 3 is 2.42 bits per heavy atom. The van der Waals surface area contributed by atoms with Gasteiger partial charge in [0.2, 0.25) is 17.7 Å². The number of fused-ring (bicyclic) bond motifs is 7. The normalized spacial score (nSPS) is 17.1. The molecule has 16 nitrogen and oxygen atoms in total. The number of halogens is 1. The lowest BCUT2D eigenvalue weighted by molar-refractivity contribution is -0.145. The van der Waals surface area contributed by atoms with Crippen molar-refractivity contribution >= 4 is 17.1 Å². The predicted octanol–water partition coefficient (Wildman–Crippen LogP) is 6.81. The summed E-state index contributed by atoms with van der Waals surface area (Å²) in [6.45, 7) is 2.82. The molecule has 0 saturated carbocycles. The first-order valence-electron chi connectivity index (χ1n) is 19.8. The van der Waals surface area contributed by atoms with Crippen LogP contribution in [0.3, 0.4) is 0 Å². The molecule has 1 saturated heterocycles. The van der Waals surface area contributed by atoms with Crippen LogP contribution in [-0.4, -0.2) is 103 Å². The molecule has 10 rings (SSSR count). The zero-order valence-electron chi connectivity index (χ0n) is 33.0. The number of benzene rings is 4. The van der Waals surface area contributed by atoms with Crippen LogP contribution in [0.1, 0.15) is 11.3 Å². The van der Waals surface area contributed by atoms with Crippen LogP contribution >= 0.6 is 0 Å². The van der Waals surface area contributed by atoms with E-state index in [4.69, 9.17) is 23.4 Å². The number of carboxylic acid groups (broad SMARTS) is 1. The van der Waals surface area contributed by atoms with Gasteiger partial charge in [0.05, 0.1) is 11.3 Å². The van der Waals surface area contributed by atoms with Crippen LogP contribution in [0.5, 0.6) is 28.9 Å². The number of para-hydroxylation sites is 1. The maximum atomic E-state index is 14.1. The van der Waals surface area contributed by atoms with E-state index in [1.54, 1.807) is 66.9 Å². The van der Waals surface area contributed by atoms with E-state index in [9.17, 15) is 24.8 Å². The molecule has 7 aromatic rings. The molecule has 6 heterocycles. The number of hydrogen-bond acceptors (Lipinski definition) is 15. The van der Waals surface area contributed by atoms with Crippen molar-refractivity contribution in [3.63, 3.8) is 0 Å². The second-order valence-corrected chi connectivity index (χ2v) is 14.7. The molecule has 316 valence electrons. The van der Waals surface area contributed by atoms with Crippen molar-refractivity contribution in [3.05, 3.63) is 127 Å². The van der Waals surface area contributed by atoms with Crippen LogP contribution in [0.4, 0.5) is 4.39 Å². The highest BCUT2D eigenvalue weighted by Gasteiger charge is 2.29. The van der Waals surface area contributed by atoms with Gasteiger partial charge < -0.3 is 38.6 Å². The number of furan rings is 1. The third-order valence-corrected chi connectivity index (χ3v) is 10.5. The van der Waals surface area contributed by atoms with E-state index in [1.165, 1.54) is 23.5 Å². The molecule has 0 amide bonds. The number of hydroxylamine groups is 2. The first-order chi connectivity index (χ1) is 30.3. The summed E-state index contributed by atoms with van der Waals surface area (Å²) in [6.07, 6.45) is 0.628. The first kappa shape index (κ1) is 40.2. The predicted molar refractivity (Wildman–Crippen MR) is 220 cm³/mol. The minimum absolute atomic E-state index is 0.0330. The van der Waals surface area contributed by atoms with E-state index in [0.29, 0.717) is 100 Å². The van der Waals surface area contributed by atoms with Crippen molar-refractivity contribution in [2.24, 2.45) is 0 Å². The topological polar surface area (TPSA) is 195 Å². The highest BCUT2D eigenvalue weighted by Crippen LogP contribution is 2.44. The van der Waals surface area contributed by atoms with Crippen LogP contribution in [0, 0.1) is 5.82 Å². The molecule has 3 N–H and O–H groups in total. The van der Waals surface area contributed by atoms with Gasteiger partial charge in [-0.15, -0.1) is 0 Å². The monoisotopic (exact) mass is 842 g/mol. The lowest BCUT2D eigenvalue weighted by atomic mass is 9.99. The Kier molecular flexibility index (Phi) is 11.6. The standard InChI is InChI=1S/C45H39FN6O10/c46-30-9-5-28(6-10-30)41-39-27-7-11-32(12-8-27)59-34(23-51-17-19-52(55)20-18-51)25-57-33-13-14-36(58-24-31-15-16-47-42(50-31)35-3-1-2-4-37(35)62-56)29(21-33)22-38(45(53)54)60-43-40(39)44(61-41)49-26-48-43/h1-16,21,26,34,38,55-56H,17-20,22-25H2,(H,53,54)/t34-,38-/m1/s1. The number of rotatable bonds is 9. The van der Waals surface area contributed by atoms with Crippen LogP contribution in [-0.2, 0) is 17.8 Å².